The number of nitrogens with one attached hydrogen (secondary N) is 1. The van der Waals surface area contributed by atoms with Gasteiger partial charge in [0.1, 0.15) is 5.75 Å². The van der Waals surface area contributed by atoms with Crippen molar-refractivity contribution in [2.45, 2.75) is 39.8 Å². The summed E-state index contributed by atoms with van der Waals surface area (Å²) in [5.41, 5.74) is 0.600. The van der Waals surface area contributed by atoms with Gasteiger partial charge in [0.15, 0.2) is 0 Å². The Bertz CT molecular complexity index is 966. The first-order valence-corrected chi connectivity index (χ1v) is 10.6. The quantitative estimate of drug-likeness (QED) is 0.262. The van der Waals surface area contributed by atoms with Crippen molar-refractivity contribution in [3.8, 4) is 5.75 Å². The summed E-state index contributed by atoms with van der Waals surface area (Å²) < 4.78 is 48.3. The maximum Gasteiger partial charge on any atom is 0.416 e. The maximum absolute atomic E-state index is 12.8. The van der Waals surface area contributed by atoms with E-state index in [9.17, 15) is 22.8 Å². The van der Waals surface area contributed by atoms with Crippen LogP contribution < -0.4 is 10.1 Å². The number of alkyl halides is 3. The van der Waals surface area contributed by atoms with E-state index >= 15 is 0 Å². The van der Waals surface area contributed by atoms with Gasteiger partial charge in [-0.15, -0.1) is 0 Å². The van der Waals surface area contributed by atoms with E-state index in [1.165, 1.54) is 18.2 Å². The first-order chi connectivity index (χ1) is 15.5. The van der Waals surface area contributed by atoms with Crippen LogP contribution in [0.5, 0.6) is 5.75 Å². The van der Waals surface area contributed by atoms with Crippen molar-refractivity contribution in [1.82, 2.24) is 0 Å². The average Bonchev–Trinajstić information content (AvgIpc) is 2.76. The van der Waals surface area contributed by atoms with Gasteiger partial charge in [-0.05, 0) is 60.7 Å². The molecule has 0 saturated heterocycles. The van der Waals surface area contributed by atoms with Gasteiger partial charge in [0.05, 0.1) is 12.2 Å². The summed E-state index contributed by atoms with van der Waals surface area (Å²) in [6.45, 7) is 6.60. The van der Waals surface area contributed by atoms with Crippen molar-refractivity contribution >= 4 is 23.7 Å². The maximum atomic E-state index is 12.8. The molecular weight excluding hydrogens is 435 g/mol. The van der Waals surface area contributed by atoms with Gasteiger partial charge in [-0.3, -0.25) is 4.79 Å². The normalized spacial score (nSPS) is 11.9. The Kier molecular flexibility index (Phi) is 9.08. The van der Waals surface area contributed by atoms with Gasteiger partial charge in [0.2, 0.25) is 0 Å². The van der Waals surface area contributed by atoms with Crippen molar-refractivity contribution in [3.63, 3.8) is 0 Å². The van der Waals surface area contributed by atoms with E-state index in [1.807, 2.05) is 38.1 Å². The van der Waals surface area contributed by atoms with Crippen LogP contribution in [0.2, 0.25) is 0 Å². The van der Waals surface area contributed by atoms with Crippen molar-refractivity contribution in [1.29, 1.82) is 0 Å². The Morgan fingerprint density at radius 1 is 1.06 bits per heavy atom. The van der Waals surface area contributed by atoms with Crippen LogP contribution in [-0.2, 0) is 20.5 Å². The Morgan fingerprint density at radius 2 is 1.76 bits per heavy atom. The minimum Gasteiger partial charge on any atom is -0.463 e. The fourth-order valence-corrected chi connectivity index (χ4v) is 2.86. The van der Waals surface area contributed by atoms with Crippen LogP contribution in [0.3, 0.4) is 0 Å². The van der Waals surface area contributed by atoms with E-state index in [-0.39, 0.29) is 17.6 Å². The number of ether oxygens (including phenoxy) is 2. The highest BCUT2D eigenvalue weighted by molar-refractivity contribution is 5.87. The number of esters is 2. The molecule has 0 unspecified atom stereocenters. The SMILES string of the molecule is CCOC(=O)C=Cc1ccc(NCC(C)(C)CCC(=O)Oc2cccc(C(F)(F)F)c2)cc1. The average molecular weight is 463 g/mol. The van der Waals surface area contributed by atoms with Crippen LogP contribution >= 0.6 is 0 Å². The van der Waals surface area contributed by atoms with E-state index in [0.717, 1.165) is 23.4 Å². The zero-order valence-electron chi connectivity index (χ0n) is 18.9. The van der Waals surface area contributed by atoms with E-state index in [1.54, 1.807) is 13.0 Å². The first-order valence-electron chi connectivity index (χ1n) is 10.6. The summed E-state index contributed by atoms with van der Waals surface area (Å²) in [5, 5.41) is 3.30. The van der Waals surface area contributed by atoms with Crippen LogP contribution in [0.4, 0.5) is 18.9 Å². The fourth-order valence-electron chi connectivity index (χ4n) is 2.86. The fraction of sp³-hybridized carbons (Fsp3) is 0.360. The first kappa shape index (κ1) is 26.0. The molecule has 33 heavy (non-hydrogen) atoms. The molecule has 2 aromatic carbocycles. The number of hydrogen-bond acceptors (Lipinski definition) is 5. The lowest BCUT2D eigenvalue weighted by Gasteiger charge is -2.25. The summed E-state index contributed by atoms with van der Waals surface area (Å²) in [6, 6.07) is 11.7. The monoisotopic (exact) mass is 463 g/mol. The molecule has 0 amide bonds. The molecule has 2 rings (SSSR count). The standard InChI is InChI=1S/C25H28F3NO4/c1-4-32-22(30)13-10-18-8-11-20(12-9-18)29-17-24(2,3)15-14-23(31)33-21-7-5-6-19(16-21)25(26,27)28/h5-13,16,29H,4,14-15,17H2,1-3H3. The molecule has 0 aliphatic rings. The molecule has 0 atom stereocenters. The molecule has 0 aromatic heterocycles. The topological polar surface area (TPSA) is 64.6 Å². The van der Waals surface area contributed by atoms with Gasteiger partial charge in [0.25, 0.3) is 0 Å². The van der Waals surface area contributed by atoms with E-state index < -0.39 is 23.7 Å². The number of carbonyl (C=O) groups excluding carboxylic acids is 2. The van der Waals surface area contributed by atoms with E-state index in [0.29, 0.717) is 19.6 Å². The number of benzene rings is 2. The molecule has 0 bridgehead atoms. The Hall–Kier alpha value is -3.29. The molecule has 0 aliphatic carbocycles. The van der Waals surface area contributed by atoms with Crippen LogP contribution in [-0.4, -0.2) is 25.1 Å². The van der Waals surface area contributed by atoms with Crippen LogP contribution in [0, 0.1) is 5.41 Å². The molecule has 0 heterocycles. The molecule has 0 fully saturated rings. The van der Waals surface area contributed by atoms with Crippen molar-refractivity contribution in [3.05, 3.63) is 65.7 Å². The van der Waals surface area contributed by atoms with Gasteiger partial charge < -0.3 is 14.8 Å². The number of rotatable bonds is 10. The third kappa shape index (κ3) is 9.39. The lowest BCUT2D eigenvalue weighted by atomic mass is 9.87. The number of halogens is 3. The van der Waals surface area contributed by atoms with E-state index in [4.69, 9.17) is 9.47 Å². The van der Waals surface area contributed by atoms with Gasteiger partial charge in [-0.2, -0.15) is 13.2 Å². The molecular formula is C25H28F3NO4. The number of carbonyl (C=O) groups is 2. The molecule has 0 saturated carbocycles. The summed E-state index contributed by atoms with van der Waals surface area (Å²) in [5.74, 6) is -1.10. The highest BCUT2D eigenvalue weighted by Gasteiger charge is 2.30. The van der Waals surface area contributed by atoms with Crippen molar-refractivity contribution in [2.24, 2.45) is 5.41 Å². The molecule has 0 spiro atoms. The highest BCUT2D eigenvalue weighted by atomic mass is 19.4. The summed E-state index contributed by atoms with van der Waals surface area (Å²) in [4.78, 5) is 23.5. The third-order valence-corrected chi connectivity index (χ3v) is 4.78. The summed E-state index contributed by atoms with van der Waals surface area (Å²) in [6.07, 6.45) is -0.901. The van der Waals surface area contributed by atoms with Gasteiger partial charge in [-0.25, -0.2) is 4.79 Å². The third-order valence-electron chi connectivity index (χ3n) is 4.78. The summed E-state index contributed by atoms with van der Waals surface area (Å²) >= 11 is 0. The molecule has 5 nitrogen and oxygen atoms in total. The van der Waals surface area contributed by atoms with Crippen LogP contribution in [0.15, 0.2) is 54.6 Å². The van der Waals surface area contributed by atoms with Crippen molar-refractivity contribution < 1.29 is 32.2 Å². The largest absolute Gasteiger partial charge is 0.463 e. The number of hydrogen-bond donors (Lipinski definition) is 1. The molecule has 8 heteroatoms. The Balaban J connectivity index is 1.81. The number of anilines is 1. The van der Waals surface area contributed by atoms with E-state index in [2.05, 4.69) is 5.32 Å². The van der Waals surface area contributed by atoms with Gasteiger partial charge >= 0.3 is 18.1 Å². The predicted molar refractivity (Wildman–Crippen MR) is 121 cm³/mol. The second-order valence-electron chi connectivity index (χ2n) is 8.22. The van der Waals surface area contributed by atoms with Crippen molar-refractivity contribution in [2.75, 3.05) is 18.5 Å². The zero-order chi connectivity index (χ0) is 24.5. The lowest BCUT2D eigenvalue weighted by molar-refractivity contribution is -0.139. The Morgan fingerprint density at radius 3 is 2.39 bits per heavy atom. The summed E-state index contributed by atoms with van der Waals surface area (Å²) in [7, 11) is 0. The minimum atomic E-state index is -4.49. The smallest absolute Gasteiger partial charge is 0.416 e. The van der Waals surface area contributed by atoms with Crippen LogP contribution in [0.25, 0.3) is 6.08 Å². The molecule has 0 radical (unpaired) electrons. The zero-order valence-corrected chi connectivity index (χ0v) is 18.9. The predicted octanol–water partition coefficient (Wildman–Crippen LogP) is 6.11. The molecule has 2 aromatic rings. The molecule has 1 N–H and O–H groups in total. The molecule has 0 aliphatic heterocycles. The minimum absolute atomic E-state index is 0.0719. The second-order valence-corrected chi connectivity index (χ2v) is 8.22. The lowest BCUT2D eigenvalue weighted by Crippen LogP contribution is -2.25. The van der Waals surface area contributed by atoms with Crippen LogP contribution in [0.1, 0.15) is 44.7 Å². The molecule has 178 valence electrons. The second kappa shape index (κ2) is 11.5. The van der Waals surface area contributed by atoms with Gasteiger partial charge in [0, 0.05) is 24.7 Å². The highest BCUT2D eigenvalue weighted by Crippen LogP contribution is 2.31. The van der Waals surface area contributed by atoms with Gasteiger partial charge in [-0.1, -0.05) is 32.0 Å². The Labute approximate surface area is 191 Å².